The highest BCUT2D eigenvalue weighted by Gasteiger charge is 2.16. The summed E-state index contributed by atoms with van der Waals surface area (Å²) in [4.78, 5) is 13.7. The molecule has 0 heterocycles. The Labute approximate surface area is 171 Å². The van der Waals surface area contributed by atoms with Crippen LogP contribution in [0.5, 0.6) is 11.5 Å². The molecule has 5 heteroatoms. The lowest BCUT2D eigenvalue weighted by Crippen LogP contribution is -2.28. The second-order valence-corrected chi connectivity index (χ2v) is 6.67. The first-order chi connectivity index (χ1) is 14.2. The minimum atomic E-state index is -1.04. The number of benzene rings is 3. The largest absolute Gasteiger partial charge is 0.492 e. The molecule has 0 bridgehead atoms. The van der Waals surface area contributed by atoms with Crippen LogP contribution in [-0.4, -0.2) is 36.2 Å². The molecule has 0 amide bonds. The molecule has 1 N–H and O–H groups in total. The molecule has 0 saturated heterocycles. The van der Waals surface area contributed by atoms with E-state index in [-0.39, 0.29) is 11.3 Å². The molecular formula is C24H25NO4. The van der Waals surface area contributed by atoms with Gasteiger partial charge < -0.3 is 14.6 Å². The van der Waals surface area contributed by atoms with Gasteiger partial charge in [0.15, 0.2) is 11.5 Å². The van der Waals surface area contributed by atoms with Gasteiger partial charge in [-0.2, -0.15) is 0 Å². The fourth-order valence-corrected chi connectivity index (χ4v) is 3.19. The highest BCUT2D eigenvalue weighted by Crippen LogP contribution is 2.31. The van der Waals surface area contributed by atoms with E-state index in [0.717, 1.165) is 13.1 Å². The summed E-state index contributed by atoms with van der Waals surface area (Å²) in [5.41, 5.74) is 2.55. The molecule has 0 atom stereocenters. The Morgan fingerprint density at radius 3 is 1.97 bits per heavy atom. The van der Waals surface area contributed by atoms with Gasteiger partial charge >= 0.3 is 5.97 Å². The molecule has 0 aliphatic heterocycles. The van der Waals surface area contributed by atoms with Crippen molar-refractivity contribution in [1.82, 2.24) is 4.90 Å². The van der Waals surface area contributed by atoms with E-state index in [9.17, 15) is 9.90 Å². The number of nitrogens with zero attached hydrogens (tertiary/aromatic N) is 1. The van der Waals surface area contributed by atoms with Crippen LogP contribution in [0.15, 0.2) is 78.9 Å². The molecule has 0 aromatic heterocycles. The summed E-state index contributed by atoms with van der Waals surface area (Å²) in [6.07, 6.45) is 0. The minimum absolute atomic E-state index is 0.0930. The van der Waals surface area contributed by atoms with Gasteiger partial charge in [-0.3, -0.25) is 4.90 Å². The molecule has 0 fully saturated rings. The second kappa shape index (κ2) is 10.3. The average Bonchev–Trinajstić information content (AvgIpc) is 2.75. The number of para-hydroxylation sites is 1. The fraction of sp³-hybridized carbons (Fsp3) is 0.208. The first-order valence-corrected chi connectivity index (χ1v) is 9.50. The normalized spacial score (nSPS) is 10.7. The summed E-state index contributed by atoms with van der Waals surface area (Å²) in [5, 5.41) is 9.32. The maximum absolute atomic E-state index is 11.4. The maximum atomic E-state index is 11.4. The van der Waals surface area contributed by atoms with E-state index in [0.29, 0.717) is 18.9 Å². The molecular weight excluding hydrogens is 366 g/mol. The molecule has 5 nitrogen and oxygen atoms in total. The van der Waals surface area contributed by atoms with E-state index in [4.69, 9.17) is 9.47 Å². The van der Waals surface area contributed by atoms with Gasteiger partial charge in [0, 0.05) is 19.6 Å². The van der Waals surface area contributed by atoms with E-state index in [2.05, 4.69) is 29.2 Å². The topological polar surface area (TPSA) is 59.0 Å². The van der Waals surface area contributed by atoms with Crippen molar-refractivity contribution in [2.45, 2.75) is 13.1 Å². The number of methoxy groups -OCH3 is 1. The number of rotatable bonds is 10. The van der Waals surface area contributed by atoms with Gasteiger partial charge in [0.1, 0.15) is 12.2 Å². The lowest BCUT2D eigenvalue weighted by Gasteiger charge is -2.23. The number of ether oxygens (including phenoxy) is 2. The SMILES string of the molecule is COc1c(OCCN(Cc2ccccc2)Cc2ccccc2)cccc1C(=O)O. The van der Waals surface area contributed by atoms with Gasteiger partial charge in [-0.25, -0.2) is 4.79 Å². The molecule has 29 heavy (non-hydrogen) atoms. The highest BCUT2D eigenvalue weighted by molar-refractivity contribution is 5.92. The number of carboxylic acids is 1. The van der Waals surface area contributed by atoms with Crippen LogP contribution in [0, 0.1) is 0 Å². The molecule has 3 aromatic rings. The van der Waals surface area contributed by atoms with E-state index >= 15 is 0 Å². The number of carboxylic acid groups (broad SMARTS) is 1. The van der Waals surface area contributed by atoms with Gasteiger partial charge in [-0.15, -0.1) is 0 Å². The van der Waals surface area contributed by atoms with E-state index < -0.39 is 5.97 Å². The predicted octanol–water partition coefficient (Wildman–Crippen LogP) is 4.47. The molecule has 0 saturated carbocycles. The summed E-state index contributed by atoms with van der Waals surface area (Å²) in [5.74, 6) is -0.355. The third-order valence-electron chi connectivity index (χ3n) is 4.58. The zero-order valence-corrected chi connectivity index (χ0v) is 16.5. The van der Waals surface area contributed by atoms with Gasteiger partial charge in [-0.05, 0) is 23.3 Å². The summed E-state index contributed by atoms with van der Waals surface area (Å²) in [6.45, 7) is 2.69. The molecule has 0 aliphatic carbocycles. The Morgan fingerprint density at radius 2 is 1.45 bits per heavy atom. The average molecular weight is 391 g/mol. The lowest BCUT2D eigenvalue weighted by atomic mass is 10.1. The van der Waals surface area contributed by atoms with Crippen LogP contribution < -0.4 is 9.47 Å². The smallest absolute Gasteiger partial charge is 0.339 e. The molecule has 3 rings (SSSR count). The molecule has 150 valence electrons. The van der Waals surface area contributed by atoms with Crippen LogP contribution >= 0.6 is 0 Å². The monoisotopic (exact) mass is 391 g/mol. The Kier molecular flexibility index (Phi) is 7.25. The number of hydrogen-bond acceptors (Lipinski definition) is 4. The van der Waals surface area contributed by atoms with Gasteiger partial charge in [0.05, 0.1) is 7.11 Å². The van der Waals surface area contributed by atoms with Gasteiger partial charge in [0.25, 0.3) is 0 Å². The zero-order chi connectivity index (χ0) is 20.5. The zero-order valence-electron chi connectivity index (χ0n) is 16.5. The third-order valence-corrected chi connectivity index (χ3v) is 4.58. The van der Waals surface area contributed by atoms with Crippen LogP contribution in [0.2, 0.25) is 0 Å². The molecule has 0 aliphatic rings. The Hall–Kier alpha value is -3.31. The predicted molar refractivity (Wildman–Crippen MR) is 112 cm³/mol. The minimum Gasteiger partial charge on any atom is -0.492 e. The van der Waals surface area contributed by atoms with Crippen molar-refractivity contribution in [2.24, 2.45) is 0 Å². The van der Waals surface area contributed by atoms with Crippen molar-refractivity contribution in [3.8, 4) is 11.5 Å². The lowest BCUT2D eigenvalue weighted by molar-refractivity contribution is 0.0692. The fourth-order valence-electron chi connectivity index (χ4n) is 3.19. The maximum Gasteiger partial charge on any atom is 0.339 e. The summed E-state index contributed by atoms with van der Waals surface area (Å²) >= 11 is 0. The molecule has 0 radical (unpaired) electrons. The standard InChI is InChI=1S/C24H25NO4/c1-28-23-21(24(26)27)13-8-14-22(23)29-16-15-25(17-19-9-4-2-5-10-19)18-20-11-6-3-7-12-20/h2-14H,15-18H2,1H3,(H,26,27). The van der Waals surface area contributed by atoms with Crippen molar-refractivity contribution in [3.63, 3.8) is 0 Å². The van der Waals surface area contributed by atoms with Crippen LogP contribution in [0.25, 0.3) is 0 Å². The van der Waals surface area contributed by atoms with E-state index in [1.54, 1.807) is 12.1 Å². The highest BCUT2D eigenvalue weighted by atomic mass is 16.5. The first-order valence-electron chi connectivity index (χ1n) is 9.50. The summed E-state index contributed by atoms with van der Waals surface area (Å²) in [6, 6.07) is 25.5. The third kappa shape index (κ3) is 5.83. The molecule has 0 unspecified atom stereocenters. The first kappa shape index (κ1) is 20.4. The van der Waals surface area contributed by atoms with Crippen molar-refractivity contribution in [3.05, 3.63) is 95.6 Å². The number of carbonyl (C=O) groups is 1. The van der Waals surface area contributed by atoms with Gasteiger partial charge in [0.2, 0.25) is 0 Å². The van der Waals surface area contributed by atoms with Crippen molar-refractivity contribution >= 4 is 5.97 Å². The van der Waals surface area contributed by atoms with Crippen LogP contribution in [-0.2, 0) is 13.1 Å². The number of aromatic carboxylic acids is 1. The summed E-state index contributed by atoms with van der Waals surface area (Å²) < 4.78 is 11.2. The van der Waals surface area contributed by atoms with Crippen LogP contribution in [0.4, 0.5) is 0 Å². The summed E-state index contributed by atoms with van der Waals surface area (Å²) in [7, 11) is 1.45. The van der Waals surface area contributed by atoms with Crippen molar-refractivity contribution in [1.29, 1.82) is 0 Å². The Balaban J connectivity index is 1.68. The molecule has 0 spiro atoms. The van der Waals surface area contributed by atoms with E-state index in [1.807, 2.05) is 36.4 Å². The Bertz CT molecular complexity index is 871. The van der Waals surface area contributed by atoms with Crippen molar-refractivity contribution in [2.75, 3.05) is 20.3 Å². The van der Waals surface area contributed by atoms with Crippen LogP contribution in [0.1, 0.15) is 21.5 Å². The molecule has 3 aromatic carbocycles. The quantitative estimate of drug-likeness (QED) is 0.552. The number of hydrogen-bond donors (Lipinski definition) is 1. The Morgan fingerprint density at radius 1 is 0.862 bits per heavy atom. The second-order valence-electron chi connectivity index (χ2n) is 6.67. The van der Waals surface area contributed by atoms with Crippen molar-refractivity contribution < 1.29 is 19.4 Å². The van der Waals surface area contributed by atoms with E-state index in [1.165, 1.54) is 24.3 Å². The van der Waals surface area contributed by atoms with Crippen LogP contribution in [0.3, 0.4) is 0 Å². The van der Waals surface area contributed by atoms with Gasteiger partial charge in [-0.1, -0.05) is 66.7 Å².